The predicted octanol–water partition coefficient (Wildman–Crippen LogP) is 2.00. The van der Waals surface area contributed by atoms with E-state index in [0.717, 1.165) is 0 Å². The smallest absolute Gasteiger partial charge is 0.374 e. The Kier molecular flexibility index (Phi) is 7.55. The van der Waals surface area contributed by atoms with Crippen molar-refractivity contribution < 1.29 is 13.3 Å². The molecule has 0 unspecified atom stereocenters. The first-order chi connectivity index (χ1) is 6.24. The summed E-state index contributed by atoms with van der Waals surface area (Å²) in [4.78, 5) is 0. The minimum atomic E-state index is -2.48. The first-order valence-corrected chi connectivity index (χ1v) is 6.60. The second kappa shape index (κ2) is 7.50. The highest BCUT2D eigenvalue weighted by atomic mass is 28.4. The molecule has 0 rings (SSSR count). The normalized spacial score (nSPS) is 12.0. The molecule has 0 aromatic heterocycles. The molecule has 0 aromatic carbocycles. The van der Waals surface area contributed by atoms with Gasteiger partial charge in [0.15, 0.2) is 0 Å². The van der Waals surface area contributed by atoms with Gasteiger partial charge < -0.3 is 13.3 Å². The minimum Gasteiger partial charge on any atom is -0.374 e. The molecule has 0 spiro atoms. The average molecular weight is 204 g/mol. The highest BCUT2D eigenvalue weighted by Crippen LogP contribution is 2.15. The van der Waals surface area contributed by atoms with Gasteiger partial charge in [-0.3, -0.25) is 0 Å². The Bertz CT molecular complexity index is 89.9. The van der Waals surface area contributed by atoms with Crippen LogP contribution in [-0.2, 0) is 13.3 Å². The Hall–Kier alpha value is 0.0969. The third kappa shape index (κ3) is 4.76. The maximum absolute atomic E-state index is 5.55. The topological polar surface area (TPSA) is 27.7 Å². The fourth-order valence-electron chi connectivity index (χ4n) is 1.08. The molecule has 4 heteroatoms. The molecule has 0 saturated carbocycles. The summed E-state index contributed by atoms with van der Waals surface area (Å²) in [7, 11) is -2.48. The van der Waals surface area contributed by atoms with Gasteiger partial charge in [0.1, 0.15) is 0 Å². The van der Waals surface area contributed by atoms with Crippen LogP contribution in [0.3, 0.4) is 0 Å². The van der Waals surface area contributed by atoms with Crippen LogP contribution in [0.1, 0.15) is 27.2 Å². The Morgan fingerprint density at radius 2 is 1.38 bits per heavy atom. The summed E-state index contributed by atoms with van der Waals surface area (Å²) < 4.78 is 16.6. The van der Waals surface area contributed by atoms with Crippen molar-refractivity contribution >= 4 is 8.80 Å². The van der Waals surface area contributed by atoms with E-state index in [9.17, 15) is 0 Å². The summed E-state index contributed by atoms with van der Waals surface area (Å²) in [6, 6.07) is 1.93. The quantitative estimate of drug-likeness (QED) is 0.566. The number of hydrogen-bond donors (Lipinski definition) is 0. The third-order valence-corrected chi connectivity index (χ3v) is 4.29. The first-order valence-electron chi connectivity index (χ1n) is 4.80. The molecule has 0 N–H and O–H groups in total. The van der Waals surface area contributed by atoms with E-state index < -0.39 is 8.80 Å². The Morgan fingerprint density at radius 3 is 1.62 bits per heavy atom. The van der Waals surface area contributed by atoms with Crippen molar-refractivity contribution in [1.29, 1.82) is 0 Å². The van der Waals surface area contributed by atoms with Crippen molar-refractivity contribution in [3.63, 3.8) is 0 Å². The van der Waals surface area contributed by atoms with Crippen LogP contribution >= 0.6 is 0 Å². The molecule has 0 aromatic rings. The summed E-state index contributed by atoms with van der Waals surface area (Å²) >= 11 is 0. The molecule has 0 heterocycles. The molecular weight excluding hydrogens is 184 g/mol. The monoisotopic (exact) mass is 204 g/mol. The summed E-state index contributed by atoms with van der Waals surface area (Å²) in [6.07, 6.45) is 0.673. The zero-order valence-electron chi connectivity index (χ0n) is 8.84. The Balaban J connectivity index is 4.19. The fourth-order valence-corrected chi connectivity index (χ4v) is 3.25. The lowest BCUT2D eigenvalue weighted by Crippen LogP contribution is -2.46. The van der Waals surface area contributed by atoms with Crippen LogP contribution in [0.5, 0.6) is 0 Å². The SMILES string of the molecule is [CH2]C[CH][Si](OCC)(OCC)OCC. The third-order valence-electron chi connectivity index (χ3n) is 1.43. The molecular formula is C9H20O3Si. The van der Waals surface area contributed by atoms with Gasteiger partial charge in [-0.1, -0.05) is 6.92 Å². The highest BCUT2D eigenvalue weighted by molar-refractivity contribution is 6.64. The van der Waals surface area contributed by atoms with Gasteiger partial charge in [0.25, 0.3) is 0 Å². The fraction of sp³-hybridized carbons (Fsp3) is 0.778. The lowest BCUT2D eigenvalue weighted by molar-refractivity contribution is 0.0791. The van der Waals surface area contributed by atoms with E-state index >= 15 is 0 Å². The van der Waals surface area contributed by atoms with Gasteiger partial charge in [-0.2, -0.15) is 0 Å². The number of hydrogen-bond acceptors (Lipinski definition) is 3. The molecule has 0 aliphatic carbocycles. The van der Waals surface area contributed by atoms with Crippen LogP contribution in [-0.4, -0.2) is 28.6 Å². The molecule has 3 nitrogen and oxygen atoms in total. The van der Waals surface area contributed by atoms with E-state index in [2.05, 4.69) is 6.92 Å². The van der Waals surface area contributed by atoms with Crippen molar-refractivity contribution in [2.24, 2.45) is 0 Å². The van der Waals surface area contributed by atoms with E-state index in [1.165, 1.54) is 0 Å². The second-order valence-corrected chi connectivity index (χ2v) is 4.88. The molecule has 78 valence electrons. The van der Waals surface area contributed by atoms with E-state index in [4.69, 9.17) is 13.3 Å². The van der Waals surface area contributed by atoms with Gasteiger partial charge in [0.05, 0.1) is 0 Å². The molecule has 0 amide bonds. The predicted molar refractivity (Wildman–Crippen MR) is 54.9 cm³/mol. The van der Waals surface area contributed by atoms with E-state index in [1.807, 2.05) is 26.8 Å². The molecule has 2 radical (unpaired) electrons. The van der Waals surface area contributed by atoms with Gasteiger partial charge >= 0.3 is 8.80 Å². The standard InChI is InChI=1S/C9H20O3Si/c1-5-9-13(10-6-2,11-7-3)12-8-4/h9H,1,5-8H2,2-4H3. The average Bonchev–Trinajstić information content (AvgIpc) is 2.06. The van der Waals surface area contributed by atoms with Crippen LogP contribution in [0.25, 0.3) is 0 Å². The summed E-state index contributed by atoms with van der Waals surface area (Å²) in [5.41, 5.74) is 0. The van der Waals surface area contributed by atoms with E-state index in [1.54, 1.807) is 0 Å². The Labute approximate surface area is 82.8 Å². The van der Waals surface area contributed by atoms with Gasteiger partial charge in [-0.15, -0.1) is 0 Å². The van der Waals surface area contributed by atoms with Crippen molar-refractivity contribution in [3.8, 4) is 0 Å². The summed E-state index contributed by atoms with van der Waals surface area (Å²) in [5, 5.41) is 0. The first kappa shape index (κ1) is 13.1. The molecule has 0 bridgehead atoms. The highest BCUT2D eigenvalue weighted by Gasteiger charge is 2.39. The van der Waals surface area contributed by atoms with Gasteiger partial charge in [-0.05, 0) is 27.2 Å². The van der Waals surface area contributed by atoms with Crippen molar-refractivity contribution in [3.05, 3.63) is 13.0 Å². The maximum atomic E-state index is 5.55. The summed E-state index contributed by atoms with van der Waals surface area (Å²) in [6.45, 7) is 11.4. The van der Waals surface area contributed by atoms with Crippen LogP contribution < -0.4 is 0 Å². The van der Waals surface area contributed by atoms with Crippen LogP contribution in [0.4, 0.5) is 0 Å². The van der Waals surface area contributed by atoms with Gasteiger partial charge in [0, 0.05) is 25.9 Å². The minimum absolute atomic E-state index is 0.614. The zero-order chi connectivity index (χ0) is 10.2. The summed E-state index contributed by atoms with van der Waals surface area (Å²) in [5.74, 6) is 0. The molecule has 13 heavy (non-hydrogen) atoms. The van der Waals surface area contributed by atoms with E-state index in [0.29, 0.717) is 26.2 Å². The lowest BCUT2D eigenvalue weighted by atomic mass is 10.6. The van der Waals surface area contributed by atoms with Crippen molar-refractivity contribution in [2.75, 3.05) is 19.8 Å². The molecule has 0 fully saturated rings. The second-order valence-electron chi connectivity index (χ2n) is 2.40. The van der Waals surface area contributed by atoms with E-state index in [-0.39, 0.29) is 0 Å². The van der Waals surface area contributed by atoms with Gasteiger partial charge in [0.2, 0.25) is 0 Å². The van der Waals surface area contributed by atoms with Crippen LogP contribution in [0.15, 0.2) is 0 Å². The van der Waals surface area contributed by atoms with Crippen molar-refractivity contribution in [2.45, 2.75) is 27.2 Å². The van der Waals surface area contributed by atoms with Crippen molar-refractivity contribution in [1.82, 2.24) is 0 Å². The van der Waals surface area contributed by atoms with Gasteiger partial charge in [-0.25, -0.2) is 0 Å². The molecule has 0 aliphatic heterocycles. The van der Waals surface area contributed by atoms with Crippen LogP contribution in [0.2, 0.25) is 0 Å². The molecule has 0 aliphatic rings. The molecule has 0 saturated heterocycles. The largest absolute Gasteiger partial charge is 0.504 e. The maximum Gasteiger partial charge on any atom is 0.504 e. The Morgan fingerprint density at radius 1 is 1.00 bits per heavy atom. The lowest BCUT2D eigenvalue weighted by Gasteiger charge is -2.27. The van der Waals surface area contributed by atoms with Crippen LogP contribution in [0, 0.1) is 13.0 Å². The molecule has 0 atom stereocenters. The zero-order valence-corrected chi connectivity index (χ0v) is 9.84. The number of rotatable bonds is 8.